The van der Waals surface area contributed by atoms with E-state index in [-0.39, 0.29) is 19.8 Å². The molecule has 18 heavy (non-hydrogen) atoms. The topological polar surface area (TPSA) is 76.5 Å². The van der Waals surface area contributed by atoms with Crippen LogP contribution in [0.3, 0.4) is 0 Å². The molecule has 0 aliphatic carbocycles. The molecule has 0 aliphatic heterocycles. The fourth-order valence-corrected chi connectivity index (χ4v) is 1.48. The Hall–Kier alpha value is -1.36. The summed E-state index contributed by atoms with van der Waals surface area (Å²) in [5.41, 5.74) is 0.539. The number of fused-ring (bicyclic) bond motifs is 1. The third-order valence-electron chi connectivity index (χ3n) is 3.22. The van der Waals surface area contributed by atoms with Crippen molar-refractivity contribution in [1.82, 2.24) is 4.98 Å². The van der Waals surface area contributed by atoms with Crippen molar-refractivity contribution in [2.24, 2.45) is 5.41 Å². The minimum Gasteiger partial charge on any atom is -0.396 e. The van der Waals surface area contributed by atoms with Crippen LogP contribution in [-0.2, 0) is 0 Å². The highest BCUT2D eigenvalue weighted by Crippen LogP contribution is 2.18. The van der Waals surface area contributed by atoms with Gasteiger partial charge in [0, 0.05) is 17.1 Å². The quantitative estimate of drug-likeness (QED) is 0.665. The molecule has 4 N–H and O–H groups in total. The van der Waals surface area contributed by atoms with Crippen LogP contribution >= 0.6 is 0 Å². The lowest BCUT2D eigenvalue weighted by Crippen LogP contribution is -2.32. The number of para-hydroxylation sites is 1. The molecule has 2 rings (SSSR count). The highest BCUT2D eigenvalue weighted by molar-refractivity contribution is 5.78. The Bertz CT molecular complexity index is 401. The second-order valence-corrected chi connectivity index (χ2v) is 4.39. The molecule has 0 atom stereocenters. The number of aromatic nitrogens is 1. The van der Waals surface area contributed by atoms with Gasteiger partial charge in [0.25, 0.3) is 0 Å². The van der Waals surface area contributed by atoms with Crippen LogP contribution in [0.1, 0.15) is 13.3 Å². The zero-order chi connectivity index (χ0) is 13.4. The van der Waals surface area contributed by atoms with E-state index in [0.29, 0.717) is 6.42 Å². The summed E-state index contributed by atoms with van der Waals surface area (Å²) < 4.78 is 0. The van der Waals surface area contributed by atoms with Crippen LogP contribution in [0.25, 0.3) is 10.9 Å². The number of hydrogen-bond acceptors (Lipinski definition) is 3. The molecule has 1 aromatic heterocycles. The number of aliphatic hydroxyl groups excluding tert-OH is 3. The molecule has 4 nitrogen and oxygen atoms in total. The van der Waals surface area contributed by atoms with Gasteiger partial charge in [0.15, 0.2) is 0 Å². The second kappa shape index (κ2) is 7.16. The van der Waals surface area contributed by atoms with E-state index in [9.17, 15) is 0 Å². The molecule has 100 valence electrons. The predicted octanol–water partition coefficient (Wildman–Crippen LogP) is 1.53. The number of aromatic amines is 1. The lowest BCUT2D eigenvalue weighted by molar-refractivity contribution is 0.00304. The summed E-state index contributed by atoms with van der Waals surface area (Å²) in [4.78, 5) is 3.12. The Morgan fingerprint density at radius 2 is 1.61 bits per heavy atom. The molecule has 0 saturated heterocycles. The Kier molecular flexibility index (Phi) is 5.85. The summed E-state index contributed by atoms with van der Waals surface area (Å²) in [6.07, 6.45) is 2.54. The van der Waals surface area contributed by atoms with Gasteiger partial charge in [-0.1, -0.05) is 25.1 Å². The molecule has 1 heterocycles. The maximum absolute atomic E-state index is 8.66. The van der Waals surface area contributed by atoms with Crippen molar-refractivity contribution >= 4 is 10.9 Å². The van der Waals surface area contributed by atoms with E-state index in [4.69, 9.17) is 15.3 Å². The van der Waals surface area contributed by atoms with Gasteiger partial charge in [-0.05, 0) is 23.9 Å². The zero-order valence-corrected chi connectivity index (χ0v) is 10.6. The molecule has 0 aliphatic rings. The van der Waals surface area contributed by atoms with Crippen molar-refractivity contribution < 1.29 is 15.3 Å². The number of nitrogens with one attached hydrogen (secondary N) is 1. The Balaban J connectivity index is 0.000000180. The van der Waals surface area contributed by atoms with Gasteiger partial charge in [-0.3, -0.25) is 0 Å². The Morgan fingerprint density at radius 1 is 1.00 bits per heavy atom. The average Bonchev–Trinajstić information content (AvgIpc) is 2.91. The molecule has 0 fully saturated rings. The van der Waals surface area contributed by atoms with Crippen LogP contribution in [0, 0.1) is 5.41 Å². The standard InChI is InChI=1S/C8H7N.C6H14O3/c1-2-4-8-7(3-1)5-6-9-8;1-2-6(3-7,4-8)5-9/h1-6,9H;7-9H,2-5H2,1H3. The van der Waals surface area contributed by atoms with Crippen LogP contribution in [0.2, 0.25) is 0 Å². The van der Waals surface area contributed by atoms with Gasteiger partial charge in [0.05, 0.1) is 19.8 Å². The molecule has 0 amide bonds. The normalized spacial score (nSPS) is 11.1. The highest BCUT2D eigenvalue weighted by Gasteiger charge is 2.24. The van der Waals surface area contributed by atoms with Crippen LogP contribution < -0.4 is 0 Å². The Morgan fingerprint density at radius 3 is 2.06 bits per heavy atom. The van der Waals surface area contributed by atoms with E-state index in [1.807, 2.05) is 25.3 Å². The van der Waals surface area contributed by atoms with Crippen LogP contribution in [0.15, 0.2) is 36.5 Å². The fraction of sp³-hybridized carbons (Fsp3) is 0.429. The van der Waals surface area contributed by atoms with Crippen molar-refractivity contribution in [2.45, 2.75) is 13.3 Å². The third-order valence-corrected chi connectivity index (χ3v) is 3.22. The van der Waals surface area contributed by atoms with E-state index in [0.717, 1.165) is 0 Å². The van der Waals surface area contributed by atoms with Crippen molar-refractivity contribution in [3.05, 3.63) is 36.5 Å². The first kappa shape index (κ1) is 14.7. The molecular weight excluding hydrogens is 230 g/mol. The fourth-order valence-electron chi connectivity index (χ4n) is 1.48. The lowest BCUT2D eigenvalue weighted by atomic mass is 9.88. The van der Waals surface area contributed by atoms with Crippen molar-refractivity contribution in [1.29, 1.82) is 0 Å². The lowest BCUT2D eigenvalue weighted by Gasteiger charge is -2.24. The van der Waals surface area contributed by atoms with Gasteiger partial charge in [-0.2, -0.15) is 0 Å². The number of H-pyrrole nitrogens is 1. The summed E-state index contributed by atoms with van der Waals surface area (Å²) in [5, 5.41) is 27.2. The minimum atomic E-state index is -0.667. The van der Waals surface area contributed by atoms with Crippen LogP contribution in [0.4, 0.5) is 0 Å². The molecule has 0 spiro atoms. The maximum Gasteiger partial charge on any atom is 0.0531 e. The Labute approximate surface area is 107 Å². The third kappa shape index (κ3) is 3.57. The van der Waals surface area contributed by atoms with Gasteiger partial charge in [-0.15, -0.1) is 0 Å². The second-order valence-electron chi connectivity index (χ2n) is 4.39. The molecule has 0 bridgehead atoms. The van der Waals surface area contributed by atoms with Crippen molar-refractivity contribution in [2.75, 3.05) is 19.8 Å². The number of hydrogen-bond donors (Lipinski definition) is 4. The molecule has 2 aromatic rings. The van der Waals surface area contributed by atoms with Gasteiger partial charge in [-0.25, -0.2) is 0 Å². The highest BCUT2D eigenvalue weighted by atomic mass is 16.3. The van der Waals surface area contributed by atoms with Gasteiger partial charge in [0.1, 0.15) is 0 Å². The smallest absolute Gasteiger partial charge is 0.0531 e. The van der Waals surface area contributed by atoms with Gasteiger partial charge >= 0.3 is 0 Å². The van der Waals surface area contributed by atoms with E-state index in [1.54, 1.807) is 0 Å². The van der Waals surface area contributed by atoms with Gasteiger partial charge < -0.3 is 20.3 Å². The predicted molar refractivity (Wildman–Crippen MR) is 72.3 cm³/mol. The maximum atomic E-state index is 8.66. The molecule has 0 unspecified atom stereocenters. The van der Waals surface area contributed by atoms with Crippen LogP contribution in [0.5, 0.6) is 0 Å². The molecular formula is C14H21NO3. The van der Waals surface area contributed by atoms with E-state index < -0.39 is 5.41 Å². The summed E-state index contributed by atoms with van der Waals surface area (Å²) in [6, 6.07) is 10.3. The van der Waals surface area contributed by atoms with E-state index in [2.05, 4.69) is 23.2 Å². The number of benzene rings is 1. The van der Waals surface area contributed by atoms with Gasteiger partial charge in [0.2, 0.25) is 0 Å². The van der Waals surface area contributed by atoms with E-state index >= 15 is 0 Å². The number of aliphatic hydroxyl groups is 3. The summed E-state index contributed by atoms with van der Waals surface area (Å²) in [6.45, 7) is 1.35. The largest absolute Gasteiger partial charge is 0.396 e. The first-order chi connectivity index (χ1) is 8.71. The molecule has 1 aromatic carbocycles. The number of rotatable bonds is 4. The summed E-state index contributed by atoms with van der Waals surface area (Å²) >= 11 is 0. The van der Waals surface area contributed by atoms with Crippen molar-refractivity contribution in [3.63, 3.8) is 0 Å². The average molecular weight is 251 g/mol. The minimum absolute atomic E-state index is 0.156. The zero-order valence-electron chi connectivity index (χ0n) is 10.6. The first-order valence-electron chi connectivity index (χ1n) is 6.06. The molecule has 0 saturated carbocycles. The van der Waals surface area contributed by atoms with Crippen LogP contribution in [-0.4, -0.2) is 40.1 Å². The first-order valence-corrected chi connectivity index (χ1v) is 6.06. The monoisotopic (exact) mass is 251 g/mol. The molecule has 0 radical (unpaired) electrons. The summed E-state index contributed by atoms with van der Waals surface area (Å²) in [5.74, 6) is 0. The summed E-state index contributed by atoms with van der Waals surface area (Å²) in [7, 11) is 0. The molecule has 4 heteroatoms. The van der Waals surface area contributed by atoms with Crippen molar-refractivity contribution in [3.8, 4) is 0 Å². The van der Waals surface area contributed by atoms with E-state index in [1.165, 1.54) is 10.9 Å². The SMILES string of the molecule is CCC(CO)(CO)CO.c1ccc2[nH]ccc2c1.